The number of nitrogens with zero attached hydrogens (tertiary/aromatic N) is 4. The van der Waals surface area contributed by atoms with Gasteiger partial charge in [-0.1, -0.05) is 30.3 Å². The van der Waals surface area contributed by atoms with Gasteiger partial charge in [0.1, 0.15) is 28.5 Å². The monoisotopic (exact) mass is 355 g/mol. The maximum absolute atomic E-state index is 9.46. The number of nitrogens with one attached hydrogen (secondary N) is 1. The average molecular weight is 356 g/mol. The van der Waals surface area contributed by atoms with Crippen molar-refractivity contribution in [2.45, 2.75) is 13.0 Å². The Morgan fingerprint density at radius 2 is 2.05 bits per heavy atom. The summed E-state index contributed by atoms with van der Waals surface area (Å²) in [5.74, 6) is 0.667. The molecule has 0 amide bonds. The average Bonchev–Trinajstić information content (AvgIpc) is 2.85. The minimum Gasteiger partial charge on any atom is -0.372 e. The topological polar surface area (TPSA) is 66.5 Å². The van der Waals surface area contributed by atoms with E-state index < -0.39 is 0 Å². The van der Waals surface area contributed by atoms with E-state index in [1.54, 1.807) is 7.05 Å². The van der Waals surface area contributed by atoms with Gasteiger partial charge in [0.2, 0.25) is 0 Å². The van der Waals surface area contributed by atoms with E-state index in [0.29, 0.717) is 11.4 Å². The third-order valence-electron chi connectivity index (χ3n) is 3.59. The van der Waals surface area contributed by atoms with Crippen molar-refractivity contribution < 1.29 is 0 Å². The van der Waals surface area contributed by atoms with Gasteiger partial charge in [0.25, 0.3) is 0 Å². The molecule has 6 heteroatoms. The van der Waals surface area contributed by atoms with Crippen LogP contribution < -0.4 is 5.32 Å². The molecule has 2 aromatic heterocycles. The number of rotatable bonds is 4. The summed E-state index contributed by atoms with van der Waals surface area (Å²) in [4.78, 5) is 8.56. The van der Waals surface area contributed by atoms with Crippen molar-refractivity contribution in [1.29, 1.82) is 5.26 Å². The Morgan fingerprint density at radius 3 is 2.73 bits per heavy atom. The zero-order chi connectivity index (χ0) is 15.5. The van der Waals surface area contributed by atoms with E-state index >= 15 is 0 Å². The molecule has 0 aliphatic heterocycles. The first-order valence-corrected chi connectivity index (χ1v) is 7.70. The van der Waals surface area contributed by atoms with Crippen LogP contribution in [0, 0.1) is 11.3 Å². The van der Waals surface area contributed by atoms with Gasteiger partial charge >= 0.3 is 0 Å². The summed E-state index contributed by atoms with van der Waals surface area (Å²) in [7, 11) is 1.79. The minimum atomic E-state index is 0.563. The van der Waals surface area contributed by atoms with E-state index in [0.717, 1.165) is 28.6 Å². The number of hydrogen-bond acceptors (Lipinski definition) is 4. The molecule has 22 heavy (non-hydrogen) atoms. The van der Waals surface area contributed by atoms with Gasteiger partial charge in [-0.2, -0.15) is 5.26 Å². The number of fused-ring (bicyclic) bond motifs is 1. The number of nitriles is 1. The number of halogens is 1. The lowest BCUT2D eigenvalue weighted by Crippen LogP contribution is -2.03. The normalized spacial score (nSPS) is 10.6. The third-order valence-corrected chi connectivity index (χ3v) is 4.42. The second-order valence-electron chi connectivity index (χ2n) is 4.84. The zero-order valence-electron chi connectivity index (χ0n) is 12.0. The van der Waals surface area contributed by atoms with Gasteiger partial charge in [-0.25, -0.2) is 9.97 Å². The van der Waals surface area contributed by atoms with Crippen molar-refractivity contribution in [3.8, 4) is 6.07 Å². The van der Waals surface area contributed by atoms with Gasteiger partial charge < -0.3 is 9.88 Å². The maximum atomic E-state index is 9.46. The van der Waals surface area contributed by atoms with Crippen LogP contribution in [-0.4, -0.2) is 21.6 Å². The standard InChI is InChI=1S/C16H14BrN5/c1-19-15-13-12(9-18)14(17)22(16(13)21-10-20-15)8-7-11-5-3-2-4-6-11/h2-6,10H,7-8H2,1H3,(H,19,20,21). The summed E-state index contributed by atoms with van der Waals surface area (Å²) in [5.41, 5.74) is 2.57. The van der Waals surface area contributed by atoms with Crippen LogP contribution in [0.2, 0.25) is 0 Å². The Labute approximate surface area is 136 Å². The van der Waals surface area contributed by atoms with Crippen molar-refractivity contribution >= 4 is 32.8 Å². The van der Waals surface area contributed by atoms with Crippen LogP contribution in [0.4, 0.5) is 5.82 Å². The Balaban J connectivity index is 2.06. The summed E-state index contributed by atoms with van der Waals surface area (Å²) in [6.07, 6.45) is 2.38. The lowest BCUT2D eigenvalue weighted by Gasteiger charge is -2.07. The molecular formula is C16H14BrN5. The fraction of sp³-hybridized carbons (Fsp3) is 0.188. The first-order valence-electron chi connectivity index (χ1n) is 6.90. The Bertz CT molecular complexity index is 848. The van der Waals surface area contributed by atoms with E-state index in [4.69, 9.17) is 0 Å². The second kappa shape index (κ2) is 6.16. The Hall–Kier alpha value is -2.39. The predicted molar refractivity (Wildman–Crippen MR) is 89.6 cm³/mol. The van der Waals surface area contributed by atoms with Crippen molar-refractivity contribution in [2.75, 3.05) is 12.4 Å². The molecule has 3 aromatic rings. The van der Waals surface area contributed by atoms with Gasteiger partial charge in [-0.3, -0.25) is 0 Å². The van der Waals surface area contributed by atoms with Gasteiger partial charge in [0.15, 0.2) is 0 Å². The molecule has 0 saturated heterocycles. The number of aromatic nitrogens is 3. The molecule has 1 aromatic carbocycles. The van der Waals surface area contributed by atoms with Crippen LogP contribution in [0.15, 0.2) is 41.3 Å². The lowest BCUT2D eigenvalue weighted by atomic mass is 10.1. The number of benzene rings is 1. The fourth-order valence-electron chi connectivity index (χ4n) is 2.52. The third kappa shape index (κ3) is 2.44. The molecule has 0 unspecified atom stereocenters. The molecule has 0 saturated carbocycles. The summed E-state index contributed by atoms with van der Waals surface area (Å²) >= 11 is 3.54. The van der Waals surface area contributed by atoms with Crippen LogP contribution >= 0.6 is 15.9 Å². The van der Waals surface area contributed by atoms with E-state index in [9.17, 15) is 5.26 Å². The highest BCUT2D eigenvalue weighted by Crippen LogP contribution is 2.32. The van der Waals surface area contributed by atoms with Crippen LogP contribution in [0.25, 0.3) is 11.0 Å². The molecule has 5 nitrogen and oxygen atoms in total. The van der Waals surface area contributed by atoms with E-state index in [1.165, 1.54) is 11.9 Å². The molecule has 0 fully saturated rings. The Kier molecular flexibility index (Phi) is 4.07. The molecule has 0 atom stereocenters. The highest BCUT2D eigenvalue weighted by atomic mass is 79.9. The summed E-state index contributed by atoms with van der Waals surface area (Å²) < 4.78 is 2.77. The van der Waals surface area contributed by atoms with Gasteiger partial charge in [0, 0.05) is 13.6 Å². The van der Waals surface area contributed by atoms with E-state index in [-0.39, 0.29) is 0 Å². The van der Waals surface area contributed by atoms with Crippen molar-refractivity contribution in [3.05, 3.63) is 52.4 Å². The van der Waals surface area contributed by atoms with Gasteiger partial charge in [-0.15, -0.1) is 0 Å². The summed E-state index contributed by atoms with van der Waals surface area (Å²) in [6.45, 7) is 0.739. The molecule has 3 rings (SSSR count). The Morgan fingerprint density at radius 1 is 1.27 bits per heavy atom. The number of anilines is 1. The van der Waals surface area contributed by atoms with Crippen molar-refractivity contribution in [1.82, 2.24) is 14.5 Å². The maximum Gasteiger partial charge on any atom is 0.147 e. The number of hydrogen-bond donors (Lipinski definition) is 1. The molecular weight excluding hydrogens is 342 g/mol. The van der Waals surface area contributed by atoms with Crippen LogP contribution in [0.3, 0.4) is 0 Å². The van der Waals surface area contributed by atoms with Crippen LogP contribution in [0.5, 0.6) is 0 Å². The van der Waals surface area contributed by atoms with Crippen LogP contribution in [0.1, 0.15) is 11.1 Å². The first kappa shape index (κ1) is 14.5. The zero-order valence-corrected chi connectivity index (χ0v) is 13.6. The molecule has 2 heterocycles. The van der Waals surface area contributed by atoms with Gasteiger partial charge in [-0.05, 0) is 27.9 Å². The molecule has 0 spiro atoms. The van der Waals surface area contributed by atoms with Gasteiger partial charge in [0.05, 0.1) is 10.9 Å². The molecule has 0 radical (unpaired) electrons. The minimum absolute atomic E-state index is 0.563. The second-order valence-corrected chi connectivity index (χ2v) is 5.59. The van der Waals surface area contributed by atoms with E-state index in [1.807, 2.05) is 22.8 Å². The van der Waals surface area contributed by atoms with E-state index in [2.05, 4.69) is 49.4 Å². The molecule has 1 N–H and O–H groups in total. The highest BCUT2D eigenvalue weighted by Gasteiger charge is 2.19. The van der Waals surface area contributed by atoms with Crippen LogP contribution in [-0.2, 0) is 13.0 Å². The molecule has 0 bridgehead atoms. The molecule has 0 aliphatic rings. The summed E-state index contributed by atoms with van der Waals surface area (Å²) in [6, 6.07) is 12.5. The summed E-state index contributed by atoms with van der Waals surface area (Å²) in [5, 5.41) is 13.2. The molecule has 110 valence electrons. The quantitative estimate of drug-likeness (QED) is 0.779. The lowest BCUT2D eigenvalue weighted by molar-refractivity contribution is 0.702. The molecule has 0 aliphatic carbocycles. The highest BCUT2D eigenvalue weighted by molar-refractivity contribution is 9.10. The predicted octanol–water partition coefficient (Wildman–Crippen LogP) is 3.35. The largest absolute Gasteiger partial charge is 0.372 e. The van der Waals surface area contributed by atoms with Crippen molar-refractivity contribution in [3.63, 3.8) is 0 Å². The smallest absolute Gasteiger partial charge is 0.147 e. The SMILES string of the molecule is CNc1ncnc2c1c(C#N)c(Br)n2CCc1ccccc1. The first-order chi connectivity index (χ1) is 10.8. The van der Waals surface area contributed by atoms with Crippen molar-refractivity contribution in [2.24, 2.45) is 0 Å². The number of aryl methyl sites for hydroxylation is 2. The fourth-order valence-corrected chi connectivity index (χ4v) is 3.16.